The van der Waals surface area contributed by atoms with Crippen LogP contribution in [0.3, 0.4) is 0 Å². The highest BCUT2D eigenvalue weighted by Gasteiger charge is 2.27. The summed E-state index contributed by atoms with van der Waals surface area (Å²) in [5.41, 5.74) is 0. The van der Waals surface area contributed by atoms with E-state index in [-0.39, 0.29) is 17.9 Å². The molecule has 3 rings (SSSR count). The van der Waals surface area contributed by atoms with Gasteiger partial charge in [-0.05, 0) is 38.3 Å². The second-order valence-corrected chi connectivity index (χ2v) is 6.19. The Balaban J connectivity index is 1.65. The van der Waals surface area contributed by atoms with E-state index in [9.17, 15) is 4.79 Å². The molecule has 8 nitrogen and oxygen atoms in total. The quantitative estimate of drug-likeness (QED) is 0.886. The maximum absolute atomic E-state index is 12.4. The number of nitrogens with zero attached hydrogens (tertiary/aromatic N) is 6. The molecular weight excluding hydrogens is 306 g/mol. The Bertz CT molecular complexity index is 656. The number of hydrogen-bond acceptors (Lipinski definition) is 6. The molecule has 2 aromatic rings. The van der Waals surface area contributed by atoms with Crippen LogP contribution in [0.1, 0.15) is 33.1 Å². The molecule has 2 unspecified atom stereocenters. The molecule has 1 aliphatic heterocycles. The predicted octanol–water partition coefficient (Wildman–Crippen LogP) is 1.19. The zero-order valence-corrected chi connectivity index (χ0v) is 14.1. The molecule has 0 bridgehead atoms. The SMILES string of the molecule is CCC(C)NC(=O)C1CCCN(c2ccc(-n3cncn3)nn2)C1. The highest BCUT2D eigenvalue weighted by molar-refractivity contribution is 5.79. The minimum absolute atomic E-state index is 0.00421. The van der Waals surface area contributed by atoms with Gasteiger partial charge in [-0.2, -0.15) is 5.10 Å². The molecule has 0 saturated carbocycles. The fourth-order valence-corrected chi connectivity index (χ4v) is 2.80. The molecule has 0 spiro atoms. The van der Waals surface area contributed by atoms with Crippen LogP contribution in [0.2, 0.25) is 0 Å². The van der Waals surface area contributed by atoms with Gasteiger partial charge in [0, 0.05) is 19.1 Å². The van der Waals surface area contributed by atoms with Gasteiger partial charge in [-0.3, -0.25) is 4.79 Å². The van der Waals surface area contributed by atoms with E-state index in [4.69, 9.17) is 0 Å². The lowest BCUT2D eigenvalue weighted by Gasteiger charge is -2.33. The van der Waals surface area contributed by atoms with Crippen molar-refractivity contribution in [2.24, 2.45) is 5.92 Å². The lowest BCUT2D eigenvalue weighted by atomic mass is 9.96. The van der Waals surface area contributed by atoms with E-state index in [0.29, 0.717) is 12.4 Å². The molecule has 24 heavy (non-hydrogen) atoms. The Kier molecular flexibility index (Phi) is 5.02. The van der Waals surface area contributed by atoms with Gasteiger partial charge >= 0.3 is 0 Å². The lowest BCUT2D eigenvalue weighted by Crippen LogP contribution is -2.45. The van der Waals surface area contributed by atoms with Crippen LogP contribution in [0.4, 0.5) is 5.82 Å². The number of nitrogens with one attached hydrogen (secondary N) is 1. The summed E-state index contributed by atoms with van der Waals surface area (Å²) in [7, 11) is 0. The first-order valence-electron chi connectivity index (χ1n) is 8.41. The van der Waals surface area contributed by atoms with Crippen molar-refractivity contribution in [1.82, 2.24) is 30.3 Å². The maximum Gasteiger partial charge on any atom is 0.225 e. The van der Waals surface area contributed by atoms with E-state index < -0.39 is 0 Å². The topological polar surface area (TPSA) is 88.8 Å². The molecule has 8 heteroatoms. The molecule has 1 fully saturated rings. The van der Waals surface area contributed by atoms with Crippen molar-refractivity contribution < 1.29 is 4.79 Å². The summed E-state index contributed by atoms with van der Waals surface area (Å²) in [5, 5.41) is 15.6. The van der Waals surface area contributed by atoms with Crippen molar-refractivity contribution in [2.75, 3.05) is 18.0 Å². The van der Waals surface area contributed by atoms with E-state index >= 15 is 0 Å². The fourth-order valence-electron chi connectivity index (χ4n) is 2.80. The Hall–Kier alpha value is -2.51. The molecule has 3 heterocycles. The zero-order valence-electron chi connectivity index (χ0n) is 14.1. The van der Waals surface area contributed by atoms with Crippen molar-refractivity contribution >= 4 is 11.7 Å². The summed E-state index contributed by atoms with van der Waals surface area (Å²) >= 11 is 0. The number of amides is 1. The summed E-state index contributed by atoms with van der Waals surface area (Å²) < 4.78 is 1.56. The predicted molar refractivity (Wildman–Crippen MR) is 89.8 cm³/mol. The fraction of sp³-hybridized carbons (Fsp3) is 0.562. The van der Waals surface area contributed by atoms with Gasteiger partial charge in [0.15, 0.2) is 11.6 Å². The third-order valence-electron chi connectivity index (χ3n) is 4.41. The highest BCUT2D eigenvalue weighted by Crippen LogP contribution is 2.22. The molecule has 1 amide bonds. The highest BCUT2D eigenvalue weighted by atomic mass is 16.2. The van der Waals surface area contributed by atoms with Crippen LogP contribution in [0.25, 0.3) is 5.82 Å². The number of hydrogen-bond donors (Lipinski definition) is 1. The summed E-state index contributed by atoms with van der Waals surface area (Å²) in [6.45, 7) is 5.68. The van der Waals surface area contributed by atoms with Gasteiger partial charge in [-0.25, -0.2) is 9.67 Å². The van der Waals surface area contributed by atoms with E-state index in [1.807, 2.05) is 19.1 Å². The van der Waals surface area contributed by atoms with Crippen LogP contribution >= 0.6 is 0 Å². The minimum atomic E-state index is 0.00421. The van der Waals surface area contributed by atoms with Crippen LogP contribution in [-0.4, -0.2) is 50.0 Å². The monoisotopic (exact) mass is 329 g/mol. The van der Waals surface area contributed by atoms with Crippen molar-refractivity contribution in [3.05, 3.63) is 24.8 Å². The van der Waals surface area contributed by atoms with Crippen molar-refractivity contribution in [3.63, 3.8) is 0 Å². The van der Waals surface area contributed by atoms with E-state index in [1.54, 1.807) is 11.0 Å². The molecule has 0 aromatic carbocycles. The second-order valence-electron chi connectivity index (χ2n) is 6.19. The normalized spacial score (nSPS) is 19.1. The molecule has 0 radical (unpaired) electrons. The van der Waals surface area contributed by atoms with Crippen LogP contribution in [-0.2, 0) is 4.79 Å². The van der Waals surface area contributed by atoms with Gasteiger partial charge in [-0.1, -0.05) is 6.92 Å². The Labute approximate surface area is 141 Å². The smallest absolute Gasteiger partial charge is 0.225 e. The number of aromatic nitrogens is 5. The van der Waals surface area contributed by atoms with Gasteiger partial charge in [0.1, 0.15) is 12.7 Å². The van der Waals surface area contributed by atoms with E-state index in [0.717, 1.165) is 31.6 Å². The van der Waals surface area contributed by atoms with Gasteiger partial charge in [-0.15, -0.1) is 10.2 Å². The van der Waals surface area contributed by atoms with Crippen LogP contribution in [0, 0.1) is 5.92 Å². The molecule has 0 aliphatic carbocycles. The Morgan fingerprint density at radius 3 is 2.83 bits per heavy atom. The minimum Gasteiger partial charge on any atom is -0.354 e. The van der Waals surface area contributed by atoms with Gasteiger partial charge in [0.05, 0.1) is 5.92 Å². The number of rotatable bonds is 5. The van der Waals surface area contributed by atoms with Crippen LogP contribution in [0.5, 0.6) is 0 Å². The Morgan fingerprint density at radius 2 is 2.17 bits per heavy atom. The third-order valence-corrected chi connectivity index (χ3v) is 4.41. The molecule has 2 atom stereocenters. The van der Waals surface area contributed by atoms with Crippen molar-refractivity contribution in [3.8, 4) is 5.82 Å². The largest absolute Gasteiger partial charge is 0.354 e. The number of anilines is 1. The molecular formula is C16H23N7O. The standard InChI is InChI=1S/C16H23N7O/c1-3-12(2)19-16(24)13-5-4-8-22(9-13)14-6-7-15(21-20-14)23-11-17-10-18-23/h6-7,10-13H,3-5,8-9H2,1-2H3,(H,19,24). The summed E-state index contributed by atoms with van der Waals surface area (Å²) in [6, 6.07) is 3.99. The number of carbonyl (C=O) groups is 1. The second kappa shape index (κ2) is 7.37. The van der Waals surface area contributed by atoms with E-state index in [2.05, 4.69) is 37.4 Å². The lowest BCUT2D eigenvalue weighted by molar-refractivity contribution is -0.125. The molecule has 1 saturated heterocycles. The van der Waals surface area contributed by atoms with Crippen LogP contribution in [0.15, 0.2) is 24.8 Å². The average molecular weight is 329 g/mol. The zero-order chi connectivity index (χ0) is 16.9. The van der Waals surface area contributed by atoms with E-state index in [1.165, 1.54) is 6.33 Å². The summed E-state index contributed by atoms with van der Waals surface area (Å²) in [6.07, 6.45) is 5.88. The van der Waals surface area contributed by atoms with Crippen molar-refractivity contribution in [1.29, 1.82) is 0 Å². The number of carbonyl (C=O) groups excluding carboxylic acids is 1. The number of piperidine rings is 1. The Morgan fingerprint density at radius 1 is 1.38 bits per heavy atom. The molecule has 128 valence electrons. The summed E-state index contributed by atoms with van der Waals surface area (Å²) in [5.74, 6) is 1.56. The van der Waals surface area contributed by atoms with Gasteiger partial charge in [0.2, 0.25) is 5.91 Å². The van der Waals surface area contributed by atoms with Gasteiger partial charge < -0.3 is 10.2 Å². The molecule has 1 N–H and O–H groups in total. The van der Waals surface area contributed by atoms with Crippen molar-refractivity contribution in [2.45, 2.75) is 39.2 Å². The molecule has 2 aromatic heterocycles. The third kappa shape index (κ3) is 3.69. The average Bonchev–Trinajstić information content (AvgIpc) is 3.16. The molecule has 1 aliphatic rings. The maximum atomic E-state index is 12.4. The first-order chi connectivity index (χ1) is 11.7. The van der Waals surface area contributed by atoms with Crippen LogP contribution < -0.4 is 10.2 Å². The first kappa shape index (κ1) is 16.4. The van der Waals surface area contributed by atoms with Gasteiger partial charge in [0.25, 0.3) is 0 Å². The summed E-state index contributed by atoms with van der Waals surface area (Å²) in [4.78, 5) is 18.4. The first-order valence-corrected chi connectivity index (χ1v) is 8.41.